The molecule has 0 aliphatic heterocycles. The van der Waals surface area contributed by atoms with E-state index in [0.717, 1.165) is 31.5 Å². The molecule has 0 saturated heterocycles. The minimum Gasteiger partial charge on any atom is -0.370 e. The van der Waals surface area contributed by atoms with Crippen molar-refractivity contribution in [3.8, 4) is 0 Å². The summed E-state index contributed by atoms with van der Waals surface area (Å²) in [5.74, 6) is -0.0578. The van der Waals surface area contributed by atoms with Crippen molar-refractivity contribution in [2.45, 2.75) is 40.0 Å². The van der Waals surface area contributed by atoms with E-state index in [4.69, 9.17) is 16.6 Å². The predicted molar refractivity (Wildman–Crippen MR) is 85.6 cm³/mol. The Morgan fingerprint density at radius 2 is 1.90 bits per heavy atom. The van der Waals surface area contributed by atoms with Crippen LogP contribution in [-0.4, -0.2) is 18.5 Å². The maximum Gasteiger partial charge on any atom is 0.202 e. The zero-order valence-corrected chi connectivity index (χ0v) is 12.6. The summed E-state index contributed by atoms with van der Waals surface area (Å²) in [5.41, 5.74) is 8.86. The molecule has 0 aliphatic carbocycles. The molecule has 0 aliphatic rings. The van der Waals surface area contributed by atoms with Gasteiger partial charge in [-0.1, -0.05) is 32.9 Å². The first-order valence-electron chi connectivity index (χ1n) is 7.12. The van der Waals surface area contributed by atoms with Crippen LogP contribution in [-0.2, 0) is 12.8 Å². The molecule has 0 bridgehead atoms. The summed E-state index contributed by atoms with van der Waals surface area (Å²) in [6.07, 6.45) is 2.83. The molecule has 1 aromatic rings. The number of guanidine groups is 2. The third-order valence-electron chi connectivity index (χ3n) is 3.19. The molecule has 20 heavy (non-hydrogen) atoms. The molecule has 0 atom stereocenters. The quantitative estimate of drug-likeness (QED) is 0.491. The molecule has 0 saturated carbocycles. The number of nitrogens with two attached hydrogens (primary N) is 1. The van der Waals surface area contributed by atoms with E-state index in [1.165, 1.54) is 11.1 Å². The number of hydrogen-bond donors (Lipinski definition) is 4. The number of rotatable bonds is 5. The van der Waals surface area contributed by atoms with Gasteiger partial charge in [-0.3, -0.25) is 16.1 Å². The lowest BCUT2D eigenvalue weighted by Gasteiger charge is -2.27. The summed E-state index contributed by atoms with van der Waals surface area (Å²) < 4.78 is 0. The van der Waals surface area contributed by atoms with E-state index in [-0.39, 0.29) is 11.9 Å². The summed E-state index contributed by atoms with van der Waals surface area (Å²) in [6, 6.07) is 6.35. The van der Waals surface area contributed by atoms with Crippen LogP contribution in [0.3, 0.4) is 0 Å². The van der Waals surface area contributed by atoms with Gasteiger partial charge in [-0.2, -0.15) is 0 Å². The highest BCUT2D eigenvalue weighted by Crippen LogP contribution is 2.23. The molecule has 5 heteroatoms. The predicted octanol–water partition coefficient (Wildman–Crippen LogP) is 2.45. The number of hydrogen-bond acceptors (Lipinski definition) is 2. The molecular formula is C15H25N5. The lowest BCUT2D eigenvalue weighted by molar-refractivity contribution is 0.875. The van der Waals surface area contributed by atoms with Gasteiger partial charge in [-0.05, 0) is 36.5 Å². The summed E-state index contributed by atoms with van der Waals surface area (Å²) >= 11 is 0. The highest BCUT2D eigenvalue weighted by molar-refractivity contribution is 6.04. The molecule has 0 amide bonds. The molecule has 5 nitrogen and oxygen atoms in total. The van der Waals surface area contributed by atoms with Crippen LogP contribution in [0.5, 0.6) is 0 Å². The van der Waals surface area contributed by atoms with Crippen molar-refractivity contribution in [3.05, 3.63) is 29.3 Å². The van der Waals surface area contributed by atoms with Crippen molar-refractivity contribution in [2.24, 2.45) is 5.73 Å². The van der Waals surface area contributed by atoms with E-state index in [1.807, 2.05) is 4.90 Å². The largest absolute Gasteiger partial charge is 0.370 e. The number of aryl methyl sites for hydroxylation is 2. The number of nitrogens with zero attached hydrogens (tertiary/aromatic N) is 1. The van der Waals surface area contributed by atoms with Crippen LogP contribution in [0.2, 0.25) is 0 Å². The molecule has 1 aromatic carbocycles. The Bertz CT molecular complexity index is 481. The Hall–Kier alpha value is -2.04. The maximum absolute atomic E-state index is 8.08. The number of anilines is 1. The van der Waals surface area contributed by atoms with E-state index < -0.39 is 0 Å². The van der Waals surface area contributed by atoms with Gasteiger partial charge in [0, 0.05) is 12.2 Å². The minimum absolute atomic E-state index is 0.151. The van der Waals surface area contributed by atoms with Gasteiger partial charge in [0.15, 0.2) is 5.96 Å². The first kappa shape index (κ1) is 16.0. The van der Waals surface area contributed by atoms with E-state index in [1.54, 1.807) is 0 Å². The van der Waals surface area contributed by atoms with Gasteiger partial charge >= 0.3 is 0 Å². The zero-order chi connectivity index (χ0) is 15.1. The summed E-state index contributed by atoms with van der Waals surface area (Å²) in [4.78, 5) is 1.87. The van der Waals surface area contributed by atoms with Gasteiger partial charge < -0.3 is 10.6 Å². The average Bonchev–Trinajstić information content (AvgIpc) is 2.43. The Balaban J connectivity index is 3.13. The lowest BCUT2D eigenvalue weighted by atomic mass is 10.0. The Labute approximate surface area is 121 Å². The van der Waals surface area contributed by atoms with Crippen LogP contribution >= 0.6 is 0 Å². The third kappa shape index (κ3) is 3.98. The summed E-state index contributed by atoms with van der Waals surface area (Å²) in [7, 11) is 0. The second-order valence-electron chi connectivity index (χ2n) is 4.71. The fraction of sp³-hybridized carbons (Fsp3) is 0.467. The lowest BCUT2D eigenvalue weighted by Crippen LogP contribution is -2.46. The highest BCUT2D eigenvalue weighted by Gasteiger charge is 2.15. The van der Waals surface area contributed by atoms with Crippen molar-refractivity contribution in [1.29, 1.82) is 10.8 Å². The molecule has 0 fully saturated rings. The molecule has 0 radical (unpaired) electrons. The third-order valence-corrected chi connectivity index (χ3v) is 3.19. The first-order valence-corrected chi connectivity index (χ1v) is 7.12. The van der Waals surface area contributed by atoms with Crippen molar-refractivity contribution < 1.29 is 0 Å². The molecular weight excluding hydrogens is 250 g/mol. The van der Waals surface area contributed by atoms with Crippen molar-refractivity contribution in [3.63, 3.8) is 0 Å². The molecule has 1 rings (SSSR count). The fourth-order valence-electron chi connectivity index (χ4n) is 2.18. The first-order chi connectivity index (χ1) is 9.53. The van der Waals surface area contributed by atoms with Crippen LogP contribution in [0.15, 0.2) is 18.2 Å². The summed E-state index contributed by atoms with van der Waals surface area (Å²) in [6.45, 7) is 7.04. The normalized spacial score (nSPS) is 10.2. The van der Waals surface area contributed by atoms with Crippen LogP contribution in [0.1, 0.15) is 38.3 Å². The number of benzene rings is 1. The second kappa shape index (κ2) is 7.53. The average molecular weight is 275 g/mol. The van der Waals surface area contributed by atoms with Crippen LogP contribution in [0.25, 0.3) is 0 Å². The summed E-state index contributed by atoms with van der Waals surface area (Å²) in [5, 5.41) is 17.9. The molecule has 5 N–H and O–H groups in total. The Morgan fingerprint density at radius 3 is 2.40 bits per heavy atom. The standard InChI is InChI=1S/C15H25N5/c1-4-9-20(15(18)19-14(16)17)13-8-7-11(5-2)10-12(13)6-3/h7-8,10H,4-6,9H2,1-3H3,(H5,16,17,18,19). The molecule has 0 aromatic heterocycles. The maximum atomic E-state index is 8.08. The van der Waals surface area contributed by atoms with Crippen molar-refractivity contribution >= 4 is 17.6 Å². The van der Waals surface area contributed by atoms with Crippen molar-refractivity contribution in [1.82, 2.24) is 5.32 Å². The highest BCUT2D eigenvalue weighted by atomic mass is 15.3. The van der Waals surface area contributed by atoms with Crippen molar-refractivity contribution in [2.75, 3.05) is 11.4 Å². The minimum atomic E-state index is -0.209. The Kier molecular flexibility index (Phi) is 6.03. The van der Waals surface area contributed by atoms with Gasteiger partial charge in [0.25, 0.3) is 0 Å². The molecule has 0 unspecified atom stereocenters. The van der Waals surface area contributed by atoms with Gasteiger partial charge in [-0.15, -0.1) is 0 Å². The monoisotopic (exact) mass is 275 g/mol. The fourth-order valence-corrected chi connectivity index (χ4v) is 2.18. The second-order valence-corrected chi connectivity index (χ2v) is 4.71. The van der Waals surface area contributed by atoms with Crippen LogP contribution in [0, 0.1) is 10.8 Å². The van der Waals surface area contributed by atoms with E-state index >= 15 is 0 Å². The number of nitrogens with one attached hydrogen (secondary N) is 3. The topological polar surface area (TPSA) is 89.0 Å². The van der Waals surface area contributed by atoms with E-state index in [9.17, 15) is 0 Å². The van der Waals surface area contributed by atoms with E-state index in [2.05, 4.69) is 44.3 Å². The molecule has 110 valence electrons. The SMILES string of the molecule is CCCN(C(=N)NC(=N)N)c1ccc(CC)cc1CC. The van der Waals surface area contributed by atoms with Crippen LogP contribution in [0.4, 0.5) is 5.69 Å². The van der Waals surface area contributed by atoms with Gasteiger partial charge in [0.1, 0.15) is 0 Å². The zero-order valence-electron chi connectivity index (χ0n) is 12.6. The van der Waals surface area contributed by atoms with E-state index in [0.29, 0.717) is 0 Å². The Morgan fingerprint density at radius 1 is 1.20 bits per heavy atom. The van der Waals surface area contributed by atoms with Gasteiger partial charge in [0.2, 0.25) is 5.96 Å². The molecule has 0 heterocycles. The van der Waals surface area contributed by atoms with Gasteiger partial charge in [0.05, 0.1) is 0 Å². The molecule has 0 spiro atoms. The smallest absolute Gasteiger partial charge is 0.202 e. The van der Waals surface area contributed by atoms with Crippen LogP contribution < -0.4 is 16.0 Å². The van der Waals surface area contributed by atoms with Gasteiger partial charge in [-0.25, -0.2) is 0 Å².